The highest BCUT2D eigenvalue weighted by Crippen LogP contribution is 2.25. The van der Waals surface area contributed by atoms with Gasteiger partial charge in [-0.2, -0.15) is 0 Å². The molecule has 0 saturated heterocycles. The van der Waals surface area contributed by atoms with Crippen molar-refractivity contribution >= 4 is 33.1 Å². The number of carbonyl (C=O) groups excluding carboxylic acids is 1. The maximum Gasteiger partial charge on any atom is 0.272 e. The summed E-state index contributed by atoms with van der Waals surface area (Å²) in [6, 6.07) is 7.55. The van der Waals surface area contributed by atoms with E-state index in [-0.39, 0.29) is 5.91 Å². The highest BCUT2D eigenvalue weighted by molar-refractivity contribution is 7.17. The molecule has 4 nitrogen and oxygen atoms in total. The summed E-state index contributed by atoms with van der Waals surface area (Å²) >= 11 is 1.65. The summed E-state index contributed by atoms with van der Waals surface area (Å²) in [7, 11) is 0. The van der Waals surface area contributed by atoms with Gasteiger partial charge in [-0.05, 0) is 36.6 Å². The number of thiophene rings is 1. The van der Waals surface area contributed by atoms with Crippen LogP contribution in [0.1, 0.15) is 17.4 Å². The Morgan fingerprint density at radius 3 is 2.89 bits per heavy atom. The highest BCUT2D eigenvalue weighted by Gasteiger charge is 2.15. The Hall–Kier alpha value is -2.14. The molecule has 3 rings (SSSR count). The van der Waals surface area contributed by atoms with Gasteiger partial charge in [0.05, 0.1) is 10.2 Å². The number of rotatable bonds is 3. The minimum absolute atomic E-state index is 0.0866. The minimum Gasteiger partial charge on any atom is -0.336 e. The normalized spacial score (nSPS) is 10.8. The topological polar surface area (TPSA) is 46.9 Å². The number of anilines is 1. The summed E-state index contributed by atoms with van der Waals surface area (Å²) in [5, 5.41) is 4.93. The van der Waals surface area contributed by atoms with Gasteiger partial charge in [-0.3, -0.25) is 9.78 Å². The van der Waals surface area contributed by atoms with Crippen molar-refractivity contribution in [3.05, 3.63) is 47.7 Å². The summed E-state index contributed by atoms with van der Waals surface area (Å²) in [5.74, 6) is -0.0866. The molecule has 0 saturated carbocycles. The Kier molecular flexibility index (Phi) is 3.05. The largest absolute Gasteiger partial charge is 0.336 e. The molecule has 0 aliphatic heterocycles. The predicted octanol–water partition coefficient (Wildman–Crippen LogP) is 3.37. The zero-order valence-corrected chi connectivity index (χ0v) is 11.3. The van der Waals surface area contributed by atoms with Crippen LogP contribution in [0.5, 0.6) is 0 Å². The van der Waals surface area contributed by atoms with Gasteiger partial charge in [0.2, 0.25) is 0 Å². The van der Waals surface area contributed by atoms with Gasteiger partial charge in [0.15, 0.2) is 0 Å². The zero-order chi connectivity index (χ0) is 13.2. The van der Waals surface area contributed by atoms with Crippen LogP contribution >= 0.6 is 11.3 Å². The fourth-order valence-electron chi connectivity index (χ4n) is 2.14. The van der Waals surface area contributed by atoms with Gasteiger partial charge in [-0.15, -0.1) is 11.3 Å². The van der Waals surface area contributed by atoms with Crippen LogP contribution in [0.2, 0.25) is 0 Å². The van der Waals surface area contributed by atoms with Crippen LogP contribution in [-0.2, 0) is 6.54 Å². The van der Waals surface area contributed by atoms with E-state index in [0.29, 0.717) is 5.69 Å². The molecule has 0 aromatic carbocycles. The molecule has 3 heterocycles. The number of aryl methyl sites for hydroxylation is 1. The van der Waals surface area contributed by atoms with Gasteiger partial charge in [0.25, 0.3) is 5.91 Å². The monoisotopic (exact) mass is 271 g/mol. The summed E-state index contributed by atoms with van der Waals surface area (Å²) in [4.78, 5) is 16.2. The lowest BCUT2D eigenvalue weighted by atomic mass is 10.3. The van der Waals surface area contributed by atoms with Crippen molar-refractivity contribution in [3.63, 3.8) is 0 Å². The van der Waals surface area contributed by atoms with Crippen molar-refractivity contribution < 1.29 is 4.79 Å². The van der Waals surface area contributed by atoms with Crippen LogP contribution in [-0.4, -0.2) is 15.5 Å². The lowest BCUT2D eigenvalue weighted by Gasteiger charge is -2.08. The van der Waals surface area contributed by atoms with Gasteiger partial charge in [0, 0.05) is 24.6 Å². The van der Waals surface area contributed by atoms with E-state index in [1.807, 2.05) is 29.0 Å². The number of pyridine rings is 1. The summed E-state index contributed by atoms with van der Waals surface area (Å²) in [6.07, 6.45) is 3.32. The third-order valence-corrected chi connectivity index (χ3v) is 3.86. The van der Waals surface area contributed by atoms with Gasteiger partial charge in [-0.25, -0.2) is 0 Å². The molecule has 0 spiro atoms. The van der Waals surface area contributed by atoms with E-state index in [0.717, 1.165) is 22.4 Å². The third kappa shape index (κ3) is 2.13. The van der Waals surface area contributed by atoms with Gasteiger partial charge >= 0.3 is 0 Å². The third-order valence-electron chi connectivity index (χ3n) is 3.01. The van der Waals surface area contributed by atoms with Crippen LogP contribution < -0.4 is 5.32 Å². The van der Waals surface area contributed by atoms with E-state index in [1.165, 1.54) is 0 Å². The lowest BCUT2D eigenvalue weighted by Crippen LogP contribution is -2.16. The Morgan fingerprint density at radius 1 is 1.37 bits per heavy atom. The number of hydrogen-bond donors (Lipinski definition) is 1. The maximum absolute atomic E-state index is 12.3. The fourth-order valence-corrected chi connectivity index (χ4v) is 2.96. The van der Waals surface area contributed by atoms with Gasteiger partial charge in [-0.1, -0.05) is 0 Å². The molecule has 3 aromatic heterocycles. The summed E-state index contributed by atoms with van der Waals surface area (Å²) in [6.45, 7) is 2.82. The Labute approximate surface area is 114 Å². The van der Waals surface area contributed by atoms with Crippen molar-refractivity contribution in [2.75, 3.05) is 5.32 Å². The average molecular weight is 271 g/mol. The van der Waals surface area contributed by atoms with Crippen molar-refractivity contribution in [2.45, 2.75) is 13.5 Å². The highest BCUT2D eigenvalue weighted by atomic mass is 32.1. The molecule has 0 aliphatic rings. The van der Waals surface area contributed by atoms with Crippen LogP contribution in [0.15, 0.2) is 42.0 Å². The number of carbonyl (C=O) groups is 1. The standard InChI is InChI=1S/C14H13N3OS/c1-2-17-11-5-8-19-13(11)9-12(17)14(18)16-10-3-6-15-7-4-10/h3-9H,2H2,1H3,(H,15,16,18). The first-order valence-electron chi connectivity index (χ1n) is 6.07. The average Bonchev–Trinajstić information content (AvgIpc) is 2.99. The Balaban J connectivity index is 1.95. The molecule has 3 aromatic rings. The molecule has 0 bridgehead atoms. The molecular formula is C14H13N3OS. The van der Waals surface area contributed by atoms with Gasteiger partial charge in [0.1, 0.15) is 5.69 Å². The SMILES string of the molecule is CCn1c(C(=O)Nc2ccncc2)cc2sccc21. The second-order valence-corrected chi connectivity index (χ2v) is 5.08. The minimum atomic E-state index is -0.0866. The van der Waals surface area contributed by atoms with Crippen LogP contribution in [0.25, 0.3) is 10.2 Å². The first-order valence-corrected chi connectivity index (χ1v) is 6.95. The molecule has 96 valence electrons. The van der Waals surface area contributed by atoms with Crippen molar-refractivity contribution in [1.82, 2.24) is 9.55 Å². The number of nitrogens with one attached hydrogen (secondary N) is 1. The second kappa shape index (κ2) is 4.85. The van der Waals surface area contributed by atoms with Crippen molar-refractivity contribution in [3.8, 4) is 0 Å². The fraction of sp³-hybridized carbons (Fsp3) is 0.143. The Morgan fingerprint density at radius 2 is 2.16 bits per heavy atom. The molecule has 5 heteroatoms. The van der Waals surface area contributed by atoms with E-state index in [2.05, 4.69) is 10.3 Å². The van der Waals surface area contributed by atoms with Crippen molar-refractivity contribution in [2.24, 2.45) is 0 Å². The second-order valence-electron chi connectivity index (χ2n) is 4.13. The van der Waals surface area contributed by atoms with E-state index >= 15 is 0 Å². The maximum atomic E-state index is 12.3. The molecule has 1 amide bonds. The van der Waals surface area contributed by atoms with E-state index in [4.69, 9.17) is 0 Å². The van der Waals surface area contributed by atoms with Crippen LogP contribution in [0.4, 0.5) is 5.69 Å². The van der Waals surface area contributed by atoms with Gasteiger partial charge < -0.3 is 9.88 Å². The Bertz CT molecular complexity index is 715. The smallest absolute Gasteiger partial charge is 0.272 e. The molecular weight excluding hydrogens is 258 g/mol. The number of hydrogen-bond acceptors (Lipinski definition) is 3. The first kappa shape index (κ1) is 11.9. The quantitative estimate of drug-likeness (QED) is 0.794. The number of fused-ring (bicyclic) bond motifs is 1. The van der Waals surface area contributed by atoms with Crippen molar-refractivity contribution in [1.29, 1.82) is 0 Å². The number of nitrogens with zero attached hydrogens (tertiary/aromatic N) is 2. The number of amides is 1. The molecule has 0 radical (unpaired) electrons. The number of aromatic nitrogens is 2. The lowest BCUT2D eigenvalue weighted by molar-refractivity contribution is 0.101. The van der Waals surface area contributed by atoms with E-state index in [1.54, 1.807) is 35.9 Å². The first-order chi connectivity index (χ1) is 9.29. The van der Waals surface area contributed by atoms with Crippen LogP contribution in [0, 0.1) is 0 Å². The molecule has 1 N–H and O–H groups in total. The summed E-state index contributed by atoms with van der Waals surface area (Å²) in [5.41, 5.74) is 2.57. The summed E-state index contributed by atoms with van der Waals surface area (Å²) < 4.78 is 3.17. The van der Waals surface area contributed by atoms with E-state index in [9.17, 15) is 4.79 Å². The van der Waals surface area contributed by atoms with Crippen LogP contribution in [0.3, 0.4) is 0 Å². The van der Waals surface area contributed by atoms with E-state index < -0.39 is 0 Å². The molecule has 0 unspecified atom stereocenters. The zero-order valence-electron chi connectivity index (χ0n) is 10.5. The predicted molar refractivity (Wildman–Crippen MR) is 77.7 cm³/mol. The molecule has 0 fully saturated rings. The molecule has 19 heavy (non-hydrogen) atoms. The molecule has 0 aliphatic carbocycles. The molecule has 0 atom stereocenters.